The average molecular weight is 252 g/mol. The summed E-state index contributed by atoms with van der Waals surface area (Å²) < 4.78 is 2.67. The molecule has 0 aliphatic carbocycles. The highest BCUT2D eigenvalue weighted by Gasteiger charge is 2.20. The zero-order chi connectivity index (χ0) is 13.3. The maximum atomic E-state index is 11.8. The van der Waals surface area contributed by atoms with E-state index in [4.69, 9.17) is 0 Å². The quantitative estimate of drug-likeness (QED) is 0.740. The molecule has 1 aromatic rings. The van der Waals surface area contributed by atoms with Crippen molar-refractivity contribution in [2.75, 3.05) is 20.1 Å². The van der Waals surface area contributed by atoms with Crippen molar-refractivity contribution in [3.63, 3.8) is 0 Å². The Balaban J connectivity index is 2.24. The molecule has 1 fully saturated rings. The highest BCUT2D eigenvalue weighted by atomic mass is 16.2. The van der Waals surface area contributed by atoms with Crippen LogP contribution < -0.4 is 16.6 Å². The van der Waals surface area contributed by atoms with Crippen LogP contribution in [0.3, 0.4) is 0 Å². The molecular weight excluding hydrogens is 232 g/mol. The van der Waals surface area contributed by atoms with E-state index < -0.39 is 0 Å². The lowest BCUT2D eigenvalue weighted by Gasteiger charge is -2.24. The summed E-state index contributed by atoms with van der Waals surface area (Å²) in [7, 11) is 5.23. The monoisotopic (exact) mass is 252 g/mol. The number of nitrogens with zero attached hydrogens (tertiary/aromatic N) is 3. The van der Waals surface area contributed by atoms with Gasteiger partial charge >= 0.3 is 5.69 Å². The molecule has 1 N–H and O–H groups in total. The molecule has 1 aromatic heterocycles. The summed E-state index contributed by atoms with van der Waals surface area (Å²) in [6, 6.07) is 2.02. The fourth-order valence-corrected chi connectivity index (χ4v) is 2.33. The van der Waals surface area contributed by atoms with Crippen molar-refractivity contribution in [3.8, 4) is 0 Å². The molecule has 1 saturated heterocycles. The summed E-state index contributed by atoms with van der Waals surface area (Å²) in [5, 5.41) is 3.31. The molecule has 1 aliphatic heterocycles. The van der Waals surface area contributed by atoms with Gasteiger partial charge in [-0.1, -0.05) is 0 Å². The largest absolute Gasteiger partial charge is 0.330 e. The standard InChI is InChI=1S/C12H20N4O2/c1-14(9-4-5-13-7-9)8-10-6-11(17)16(3)12(18)15(10)2/h6,9,13H,4-5,7-8H2,1-3H3. The molecule has 2 heterocycles. The molecule has 0 saturated carbocycles. The van der Waals surface area contributed by atoms with E-state index in [1.54, 1.807) is 17.7 Å². The topological polar surface area (TPSA) is 59.3 Å². The Morgan fingerprint density at radius 2 is 2.11 bits per heavy atom. The van der Waals surface area contributed by atoms with Crippen molar-refractivity contribution >= 4 is 0 Å². The van der Waals surface area contributed by atoms with Crippen LogP contribution in [-0.4, -0.2) is 40.2 Å². The van der Waals surface area contributed by atoms with Gasteiger partial charge in [-0.2, -0.15) is 0 Å². The first kappa shape index (κ1) is 13.0. The fourth-order valence-electron chi connectivity index (χ4n) is 2.33. The Kier molecular flexibility index (Phi) is 3.68. The third-order valence-electron chi connectivity index (χ3n) is 3.69. The van der Waals surface area contributed by atoms with E-state index in [9.17, 15) is 9.59 Å². The highest BCUT2D eigenvalue weighted by Crippen LogP contribution is 2.09. The van der Waals surface area contributed by atoms with Crippen molar-refractivity contribution in [1.29, 1.82) is 0 Å². The van der Waals surface area contributed by atoms with Crippen molar-refractivity contribution < 1.29 is 0 Å². The Morgan fingerprint density at radius 1 is 1.39 bits per heavy atom. The van der Waals surface area contributed by atoms with Gasteiger partial charge in [-0.05, 0) is 20.0 Å². The summed E-state index contributed by atoms with van der Waals surface area (Å²) >= 11 is 0. The lowest BCUT2D eigenvalue weighted by Crippen LogP contribution is -2.40. The minimum absolute atomic E-state index is 0.244. The van der Waals surface area contributed by atoms with Crippen LogP contribution in [0.25, 0.3) is 0 Å². The van der Waals surface area contributed by atoms with Crippen LogP contribution >= 0.6 is 0 Å². The number of nitrogens with one attached hydrogen (secondary N) is 1. The van der Waals surface area contributed by atoms with Gasteiger partial charge in [0.25, 0.3) is 5.56 Å². The zero-order valence-corrected chi connectivity index (χ0v) is 11.1. The van der Waals surface area contributed by atoms with Gasteiger partial charge in [-0.3, -0.25) is 18.8 Å². The number of hydrogen-bond acceptors (Lipinski definition) is 4. The van der Waals surface area contributed by atoms with Crippen molar-refractivity contribution in [1.82, 2.24) is 19.4 Å². The molecule has 0 bridgehead atoms. The molecule has 1 atom stereocenters. The van der Waals surface area contributed by atoms with E-state index in [1.165, 1.54) is 7.05 Å². The fraction of sp³-hybridized carbons (Fsp3) is 0.667. The first-order valence-electron chi connectivity index (χ1n) is 6.17. The van der Waals surface area contributed by atoms with E-state index in [-0.39, 0.29) is 11.2 Å². The molecule has 0 spiro atoms. The van der Waals surface area contributed by atoms with Crippen LogP contribution in [0.1, 0.15) is 12.1 Å². The summed E-state index contributed by atoms with van der Waals surface area (Å²) in [6.07, 6.45) is 1.11. The summed E-state index contributed by atoms with van der Waals surface area (Å²) in [5.41, 5.74) is 0.249. The van der Waals surface area contributed by atoms with Crippen molar-refractivity contribution in [3.05, 3.63) is 32.6 Å². The molecule has 0 radical (unpaired) electrons. The van der Waals surface area contributed by atoms with E-state index in [1.807, 2.05) is 7.05 Å². The molecule has 100 valence electrons. The zero-order valence-electron chi connectivity index (χ0n) is 11.1. The van der Waals surface area contributed by atoms with Gasteiger partial charge in [-0.25, -0.2) is 4.79 Å². The lowest BCUT2D eigenvalue weighted by molar-refractivity contribution is 0.242. The summed E-state index contributed by atoms with van der Waals surface area (Å²) in [5.74, 6) is 0. The molecule has 0 aromatic carbocycles. The van der Waals surface area contributed by atoms with Crippen molar-refractivity contribution in [2.45, 2.75) is 19.0 Å². The summed E-state index contributed by atoms with van der Waals surface area (Å²) in [6.45, 7) is 2.62. The molecule has 6 heteroatoms. The molecule has 1 aliphatic rings. The third-order valence-corrected chi connectivity index (χ3v) is 3.69. The van der Waals surface area contributed by atoms with Crippen LogP contribution in [0, 0.1) is 0 Å². The predicted octanol–water partition coefficient (Wildman–Crippen LogP) is -1.12. The van der Waals surface area contributed by atoms with Crippen LogP contribution in [0.5, 0.6) is 0 Å². The molecular formula is C12H20N4O2. The second-order valence-corrected chi connectivity index (χ2v) is 4.94. The van der Waals surface area contributed by atoms with Gasteiger partial charge in [0.15, 0.2) is 0 Å². The van der Waals surface area contributed by atoms with E-state index >= 15 is 0 Å². The van der Waals surface area contributed by atoms with Gasteiger partial charge < -0.3 is 5.32 Å². The van der Waals surface area contributed by atoms with Gasteiger partial charge in [-0.15, -0.1) is 0 Å². The van der Waals surface area contributed by atoms with Crippen LogP contribution in [0.2, 0.25) is 0 Å². The minimum atomic E-state index is -0.268. The average Bonchev–Trinajstić information content (AvgIpc) is 2.87. The van der Waals surface area contributed by atoms with Crippen LogP contribution in [-0.2, 0) is 20.6 Å². The molecule has 18 heavy (non-hydrogen) atoms. The number of hydrogen-bond donors (Lipinski definition) is 1. The number of aromatic nitrogens is 2. The van der Waals surface area contributed by atoms with E-state index in [0.717, 1.165) is 29.8 Å². The molecule has 1 unspecified atom stereocenters. The lowest BCUT2D eigenvalue weighted by atomic mass is 10.2. The number of rotatable bonds is 3. The Hall–Kier alpha value is -1.40. The third kappa shape index (κ3) is 2.39. The maximum Gasteiger partial charge on any atom is 0.330 e. The van der Waals surface area contributed by atoms with Gasteiger partial charge in [0.2, 0.25) is 0 Å². The minimum Gasteiger partial charge on any atom is -0.315 e. The SMILES string of the molecule is CN(Cc1cc(=O)n(C)c(=O)n1C)C1CCNC1. The van der Waals surface area contributed by atoms with Gasteiger partial charge in [0.05, 0.1) is 0 Å². The highest BCUT2D eigenvalue weighted by molar-refractivity contribution is 5.02. The second-order valence-electron chi connectivity index (χ2n) is 4.94. The first-order valence-corrected chi connectivity index (χ1v) is 6.17. The molecule has 0 amide bonds. The smallest absolute Gasteiger partial charge is 0.315 e. The Morgan fingerprint density at radius 3 is 2.72 bits per heavy atom. The first-order chi connectivity index (χ1) is 8.50. The number of likely N-dealkylation sites (N-methyl/N-ethyl adjacent to an activating group) is 1. The normalized spacial score (nSPS) is 19.7. The molecule has 6 nitrogen and oxygen atoms in total. The van der Waals surface area contributed by atoms with Gasteiger partial charge in [0.1, 0.15) is 0 Å². The van der Waals surface area contributed by atoms with Crippen LogP contribution in [0.15, 0.2) is 15.7 Å². The van der Waals surface area contributed by atoms with Crippen molar-refractivity contribution in [2.24, 2.45) is 14.1 Å². The Labute approximate surface area is 106 Å². The van der Waals surface area contributed by atoms with E-state index in [2.05, 4.69) is 10.2 Å². The maximum absolute atomic E-state index is 11.8. The Bertz CT molecular complexity index is 540. The van der Waals surface area contributed by atoms with Gasteiger partial charge in [0, 0.05) is 45.0 Å². The van der Waals surface area contributed by atoms with E-state index in [0.29, 0.717) is 12.6 Å². The predicted molar refractivity (Wildman–Crippen MR) is 69.7 cm³/mol. The molecule has 2 rings (SSSR count). The second kappa shape index (κ2) is 5.07. The van der Waals surface area contributed by atoms with Crippen LogP contribution in [0.4, 0.5) is 0 Å². The summed E-state index contributed by atoms with van der Waals surface area (Å²) in [4.78, 5) is 25.6.